The fraction of sp³-hybridized carbons (Fsp3) is 0.111. The molecule has 2 rings (SSSR count). The lowest BCUT2D eigenvalue weighted by Crippen LogP contribution is -2.34. The topological polar surface area (TPSA) is 58.6 Å². The monoisotopic (exact) mass is 226 g/mol. The van der Waals surface area contributed by atoms with E-state index in [1.807, 2.05) is 30.3 Å². The molecule has 6 heteroatoms. The Morgan fingerprint density at radius 2 is 1.93 bits per heavy atom. The standard InChI is InChI=1S/C9H10N2O3S/c1-15(12,13)11-10-7-9(14-11)8-5-3-2-4-6-8/h2-7,10H,1H3. The molecule has 0 bridgehead atoms. The summed E-state index contributed by atoms with van der Waals surface area (Å²) in [6, 6.07) is 9.24. The molecule has 1 aromatic carbocycles. The quantitative estimate of drug-likeness (QED) is 0.806. The first-order valence-corrected chi connectivity index (χ1v) is 6.12. The number of hydrogen-bond donors (Lipinski definition) is 1. The van der Waals surface area contributed by atoms with Crippen LogP contribution in [-0.2, 0) is 14.9 Å². The molecule has 0 aromatic heterocycles. The molecule has 1 N–H and O–H groups in total. The minimum absolute atomic E-state index is 0.473. The Balaban J connectivity index is 2.18. The summed E-state index contributed by atoms with van der Waals surface area (Å²) < 4.78 is 22.9. The number of benzene rings is 1. The Labute approximate surface area is 87.9 Å². The average molecular weight is 226 g/mol. The van der Waals surface area contributed by atoms with Crippen LogP contribution < -0.4 is 5.43 Å². The predicted octanol–water partition coefficient (Wildman–Crippen LogP) is 0.696. The molecule has 0 aliphatic carbocycles. The summed E-state index contributed by atoms with van der Waals surface area (Å²) in [4.78, 5) is 5.11. The summed E-state index contributed by atoms with van der Waals surface area (Å²) in [7, 11) is -3.40. The van der Waals surface area contributed by atoms with Crippen LogP contribution in [0.5, 0.6) is 0 Å². The molecule has 15 heavy (non-hydrogen) atoms. The molecule has 1 heterocycles. The van der Waals surface area contributed by atoms with E-state index in [1.54, 1.807) is 0 Å². The first kappa shape index (κ1) is 10.0. The Morgan fingerprint density at radius 1 is 1.27 bits per heavy atom. The molecule has 1 aromatic rings. The third kappa shape index (κ3) is 2.11. The molecular formula is C9H10N2O3S. The summed E-state index contributed by atoms with van der Waals surface area (Å²) in [6.45, 7) is 0. The normalized spacial score (nSPS) is 16.7. The molecule has 5 nitrogen and oxygen atoms in total. The van der Waals surface area contributed by atoms with Gasteiger partial charge in [-0.25, -0.2) is 8.42 Å². The first-order valence-electron chi connectivity index (χ1n) is 4.27. The summed E-state index contributed by atoms with van der Waals surface area (Å²) in [5.41, 5.74) is 3.32. The Bertz CT molecular complexity index is 481. The molecule has 0 fully saturated rings. The molecule has 0 atom stereocenters. The molecule has 0 saturated heterocycles. The Hall–Kier alpha value is -1.53. The van der Waals surface area contributed by atoms with Crippen molar-refractivity contribution in [3.8, 4) is 0 Å². The summed E-state index contributed by atoms with van der Waals surface area (Å²) in [5.74, 6) is 0.473. The van der Waals surface area contributed by atoms with E-state index in [2.05, 4.69) is 5.43 Å². The van der Waals surface area contributed by atoms with E-state index in [4.69, 9.17) is 4.84 Å². The zero-order valence-electron chi connectivity index (χ0n) is 8.04. The van der Waals surface area contributed by atoms with Gasteiger partial charge in [0.1, 0.15) is 0 Å². The van der Waals surface area contributed by atoms with Gasteiger partial charge in [-0.05, 0) is 0 Å². The summed E-state index contributed by atoms with van der Waals surface area (Å²) >= 11 is 0. The number of nitrogens with one attached hydrogen (secondary N) is 1. The van der Waals surface area contributed by atoms with Gasteiger partial charge in [-0.1, -0.05) is 30.3 Å². The van der Waals surface area contributed by atoms with E-state index < -0.39 is 10.0 Å². The molecule has 1 aliphatic rings. The van der Waals surface area contributed by atoms with E-state index in [0.29, 0.717) is 5.76 Å². The number of hydrazine groups is 1. The van der Waals surface area contributed by atoms with Crippen LogP contribution in [0.3, 0.4) is 0 Å². The molecule has 0 amide bonds. The molecule has 0 saturated carbocycles. The smallest absolute Gasteiger partial charge is 0.260 e. The third-order valence-corrected chi connectivity index (χ3v) is 2.62. The highest BCUT2D eigenvalue weighted by Crippen LogP contribution is 2.20. The fourth-order valence-corrected chi connectivity index (χ4v) is 1.62. The third-order valence-electron chi connectivity index (χ3n) is 1.84. The molecule has 0 unspecified atom stereocenters. The number of sulfonamides is 1. The molecular weight excluding hydrogens is 216 g/mol. The van der Waals surface area contributed by atoms with Crippen LogP contribution in [0.15, 0.2) is 36.5 Å². The second kappa shape index (κ2) is 3.56. The van der Waals surface area contributed by atoms with Crippen molar-refractivity contribution >= 4 is 15.8 Å². The van der Waals surface area contributed by atoms with Gasteiger partial charge in [0.2, 0.25) is 0 Å². The second-order valence-corrected chi connectivity index (χ2v) is 4.88. The maximum atomic E-state index is 11.1. The van der Waals surface area contributed by atoms with Crippen LogP contribution in [0, 0.1) is 0 Å². The Morgan fingerprint density at radius 3 is 2.47 bits per heavy atom. The van der Waals surface area contributed by atoms with Gasteiger partial charge in [-0.15, -0.1) is 0 Å². The van der Waals surface area contributed by atoms with Crippen molar-refractivity contribution in [3.63, 3.8) is 0 Å². The summed E-state index contributed by atoms with van der Waals surface area (Å²) in [6.07, 6.45) is 2.55. The highest BCUT2D eigenvalue weighted by molar-refractivity contribution is 7.88. The Kier molecular flexibility index (Phi) is 2.37. The lowest BCUT2D eigenvalue weighted by Gasteiger charge is -2.12. The minimum atomic E-state index is -3.40. The number of rotatable bonds is 2. The van der Waals surface area contributed by atoms with Gasteiger partial charge in [-0.2, -0.15) is 0 Å². The SMILES string of the molecule is CS(=O)(=O)N1NC=C(c2ccccc2)O1. The van der Waals surface area contributed by atoms with E-state index in [-0.39, 0.29) is 0 Å². The average Bonchev–Trinajstić information content (AvgIpc) is 2.67. The van der Waals surface area contributed by atoms with Gasteiger partial charge in [0.25, 0.3) is 10.0 Å². The highest BCUT2D eigenvalue weighted by atomic mass is 32.2. The van der Waals surface area contributed by atoms with Gasteiger partial charge >= 0.3 is 0 Å². The van der Waals surface area contributed by atoms with Crippen molar-refractivity contribution in [3.05, 3.63) is 42.1 Å². The largest absolute Gasteiger partial charge is 0.369 e. The zero-order chi connectivity index (χ0) is 10.9. The van der Waals surface area contributed by atoms with Crippen LogP contribution >= 0.6 is 0 Å². The number of nitrogens with zero attached hydrogens (tertiary/aromatic N) is 1. The highest BCUT2D eigenvalue weighted by Gasteiger charge is 2.24. The van der Waals surface area contributed by atoms with Gasteiger partial charge in [0.05, 0.1) is 17.0 Å². The lowest BCUT2D eigenvalue weighted by atomic mass is 10.2. The van der Waals surface area contributed by atoms with Gasteiger partial charge in [-0.3, -0.25) is 5.43 Å². The first-order chi connectivity index (χ1) is 7.07. The van der Waals surface area contributed by atoms with Crippen LogP contribution in [0.25, 0.3) is 5.76 Å². The zero-order valence-corrected chi connectivity index (χ0v) is 8.86. The number of hydrogen-bond acceptors (Lipinski definition) is 4. The van der Waals surface area contributed by atoms with Crippen LogP contribution in [-0.4, -0.2) is 19.3 Å². The van der Waals surface area contributed by atoms with Crippen molar-refractivity contribution in [2.45, 2.75) is 0 Å². The van der Waals surface area contributed by atoms with Crippen molar-refractivity contribution in [2.75, 3.05) is 6.26 Å². The van der Waals surface area contributed by atoms with Crippen LogP contribution in [0.2, 0.25) is 0 Å². The van der Waals surface area contributed by atoms with Gasteiger partial charge in [0, 0.05) is 5.56 Å². The maximum Gasteiger partial charge on any atom is 0.260 e. The van der Waals surface area contributed by atoms with Crippen LogP contribution in [0.1, 0.15) is 5.56 Å². The summed E-state index contributed by atoms with van der Waals surface area (Å²) in [5, 5.41) is 0. The molecule has 0 radical (unpaired) electrons. The molecule has 80 valence electrons. The van der Waals surface area contributed by atoms with E-state index in [9.17, 15) is 8.42 Å². The predicted molar refractivity (Wildman–Crippen MR) is 55.3 cm³/mol. The van der Waals surface area contributed by atoms with Crippen LogP contribution in [0.4, 0.5) is 0 Å². The molecule has 0 spiro atoms. The fourth-order valence-electron chi connectivity index (χ4n) is 1.16. The van der Waals surface area contributed by atoms with Crippen molar-refractivity contribution in [1.29, 1.82) is 0 Å². The van der Waals surface area contributed by atoms with Crippen molar-refractivity contribution in [2.24, 2.45) is 0 Å². The van der Waals surface area contributed by atoms with Crippen molar-refractivity contribution in [1.82, 2.24) is 10.0 Å². The second-order valence-electron chi connectivity index (χ2n) is 3.09. The lowest BCUT2D eigenvalue weighted by molar-refractivity contribution is -0.00528. The van der Waals surface area contributed by atoms with E-state index >= 15 is 0 Å². The van der Waals surface area contributed by atoms with Crippen molar-refractivity contribution < 1.29 is 13.3 Å². The van der Waals surface area contributed by atoms with Gasteiger partial charge < -0.3 is 4.84 Å². The molecule has 1 aliphatic heterocycles. The van der Waals surface area contributed by atoms with E-state index in [0.717, 1.165) is 16.4 Å². The van der Waals surface area contributed by atoms with Gasteiger partial charge in [0.15, 0.2) is 5.76 Å². The minimum Gasteiger partial charge on any atom is -0.369 e. The maximum absolute atomic E-state index is 11.1. The van der Waals surface area contributed by atoms with E-state index in [1.165, 1.54) is 6.20 Å².